The van der Waals surface area contributed by atoms with Crippen LogP contribution in [0.4, 0.5) is 0 Å². The van der Waals surface area contributed by atoms with Crippen LogP contribution in [0.1, 0.15) is 5.56 Å². The molecule has 0 aliphatic heterocycles. The van der Waals surface area contributed by atoms with Gasteiger partial charge in [0.2, 0.25) is 0 Å². The van der Waals surface area contributed by atoms with E-state index >= 15 is 0 Å². The molecule has 1 rings (SSSR count). The molecule has 7 nitrogen and oxygen atoms in total. The van der Waals surface area contributed by atoms with Crippen molar-refractivity contribution in [2.75, 3.05) is 41.6 Å². The molecule has 0 atom stereocenters. The maximum atomic E-state index is 5.78. The summed E-state index contributed by atoms with van der Waals surface area (Å²) in [5.41, 5.74) is 6.58. The smallest absolute Gasteiger partial charge is 0.189 e. The molecule has 1 aromatic rings. The molecule has 0 saturated heterocycles. The van der Waals surface area contributed by atoms with Gasteiger partial charge < -0.3 is 30.0 Å². The fourth-order valence-electron chi connectivity index (χ4n) is 1.73. The van der Waals surface area contributed by atoms with Crippen molar-refractivity contribution >= 4 is 22.9 Å². The molecular formula is C14H24BrN3O4. The van der Waals surface area contributed by atoms with E-state index in [0.717, 1.165) is 5.56 Å². The summed E-state index contributed by atoms with van der Waals surface area (Å²) in [6.07, 6.45) is 0. The predicted octanol–water partition coefficient (Wildman–Crippen LogP) is 1.34. The molecule has 0 radical (unpaired) electrons. The highest BCUT2D eigenvalue weighted by Gasteiger charge is 2.12. The number of hydrogen-bond donors (Lipinski definition) is 2. The number of guanidine groups is 1. The first-order valence-corrected chi connectivity index (χ1v) is 6.47. The van der Waals surface area contributed by atoms with Crippen molar-refractivity contribution in [1.82, 2.24) is 5.32 Å². The molecule has 0 unspecified atom stereocenters. The van der Waals surface area contributed by atoms with Crippen LogP contribution >= 0.6 is 17.0 Å². The molecule has 0 heterocycles. The highest BCUT2D eigenvalue weighted by molar-refractivity contribution is 8.93. The number of ether oxygens (including phenoxy) is 4. The van der Waals surface area contributed by atoms with Crippen LogP contribution in [0.2, 0.25) is 0 Å². The fraction of sp³-hybridized carbons (Fsp3) is 0.500. The second-order valence-electron chi connectivity index (χ2n) is 4.13. The van der Waals surface area contributed by atoms with E-state index < -0.39 is 0 Å². The number of nitrogens with one attached hydrogen (secondary N) is 1. The molecular weight excluding hydrogens is 354 g/mol. The van der Waals surface area contributed by atoms with Gasteiger partial charge in [-0.2, -0.15) is 0 Å². The zero-order valence-electron chi connectivity index (χ0n) is 13.3. The lowest BCUT2D eigenvalue weighted by atomic mass is 10.1. The second kappa shape index (κ2) is 11.0. The van der Waals surface area contributed by atoms with Crippen molar-refractivity contribution in [3.63, 3.8) is 0 Å². The van der Waals surface area contributed by atoms with Gasteiger partial charge in [-0.05, 0) is 0 Å². The van der Waals surface area contributed by atoms with E-state index in [0.29, 0.717) is 42.9 Å². The molecule has 22 heavy (non-hydrogen) atoms. The Hall–Kier alpha value is -1.67. The largest absolute Gasteiger partial charge is 0.496 e. The quantitative estimate of drug-likeness (QED) is 0.403. The number of hydrogen-bond acceptors (Lipinski definition) is 5. The lowest BCUT2D eigenvalue weighted by Crippen LogP contribution is -2.34. The predicted molar refractivity (Wildman–Crippen MR) is 91.6 cm³/mol. The fourth-order valence-corrected chi connectivity index (χ4v) is 1.73. The molecule has 1 aromatic carbocycles. The van der Waals surface area contributed by atoms with E-state index in [4.69, 9.17) is 24.7 Å². The summed E-state index contributed by atoms with van der Waals surface area (Å²) in [5.74, 6) is 2.27. The van der Waals surface area contributed by atoms with E-state index in [1.807, 2.05) is 0 Å². The Morgan fingerprint density at radius 3 is 2.14 bits per heavy atom. The Kier molecular flexibility index (Phi) is 10.1. The molecule has 0 bridgehead atoms. The summed E-state index contributed by atoms with van der Waals surface area (Å²) < 4.78 is 20.8. The van der Waals surface area contributed by atoms with Gasteiger partial charge in [0, 0.05) is 25.8 Å². The number of aliphatic imine (C=N–C) groups is 1. The van der Waals surface area contributed by atoms with E-state index in [1.54, 1.807) is 40.6 Å². The average Bonchev–Trinajstić information content (AvgIpc) is 2.52. The van der Waals surface area contributed by atoms with Crippen LogP contribution in [0, 0.1) is 0 Å². The normalized spacial score (nSPS) is 10.6. The third kappa shape index (κ3) is 5.98. The Labute approximate surface area is 141 Å². The van der Waals surface area contributed by atoms with Crippen molar-refractivity contribution in [3.8, 4) is 17.2 Å². The number of methoxy groups -OCH3 is 4. The van der Waals surface area contributed by atoms with Crippen molar-refractivity contribution < 1.29 is 18.9 Å². The first kappa shape index (κ1) is 20.3. The van der Waals surface area contributed by atoms with Crippen molar-refractivity contribution in [2.24, 2.45) is 10.7 Å². The first-order chi connectivity index (χ1) is 10.2. The minimum atomic E-state index is 0. The average molecular weight is 378 g/mol. The molecule has 0 aromatic heterocycles. The molecule has 126 valence electrons. The van der Waals surface area contributed by atoms with Crippen LogP contribution in [0.5, 0.6) is 17.2 Å². The number of benzene rings is 1. The highest BCUT2D eigenvalue weighted by atomic mass is 79.9. The molecule has 8 heteroatoms. The van der Waals surface area contributed by atoms with Gasteiger partial charge in [0.1, 0.15) is 17.2 Å². The lowest BCUT2D eigenvalue weighted by Gasteiger charge is -2.14. The second-order valence-corrected chi connectivity index (χ2v) is 4.13. The van der Waals surface area contributed by atoms with Crippen LogP contribution < -0.4 is 25.3 Å². The molecule has 0 aliphatic rings. The van der Waals surface area contributed by atoms with Gasteiger partial charge in [-0.15, -0.1) is 17.0 Å². The van der Waals surface area contributed by atoms with E-state index in [9.17, 15) is 0 Å². The SMILES string of the molecule is Br.COCCNC(N)=NCc1c(OC)cc(OC)cc1OC. The monoisotopic (exact) mass is 377 g/mol. The lowest BCUT2D eigenvalue weighted by molar-refractivity contribution is 0.204. The van der Waals surface area contributed by atoms with Crippen molar-refractivity contribution in [3.05, 3.63) is 17.7 Å². The number of halogens is 1. The summed E-state index contributed by atoms with van der Waals surface area (Å²) >= 11 is 0. The minimum Gasteiger partial charge on any atom is -0.496 e. The van der Waals surface area contributed by atoms with Crippen molar-refractivity contribution in [2.45, 2.75) is 6.54 Å². The van der Waals surface area contributed by atoms with Gasteiger partial charge in [0.15, 0.2) is 5.96 Å². The summed E-state index contributed by atoms with van der Waals surface area (Å²) in [5, 5.41) is 2.95. The summed E-state index contributed by atoms with van der Waals surface area (Å²) in [6, 6.07) is 3.56. The van der Waals surface area contributed by atoms with Crippen LogP contribution in [0.3, 0.4) is 0 Å². The van der Waals surface area contributed by atoms with Crippen LogP contribution in [-0.2, 0) is 11.3 Å². The van der Waals surface area contributed by atoms with E-state index in [-0.39, 0.29) is 17.0 Å². The van der Waals surface area contributed by atoms with Crippen LogP contribution in [0.25, 0.3) is 0 Å². The van der Waals surface area contributed by atoms with Gasteiger partial charge in [-0.1, -0.05) is 0 Å². The first-order valence-electron chi connectivity index (χ1n) is 6.47. The van der Waals surface area contributed by atoms with E-state index in [2.05, 4.69) is 10.3 Å². The Bertz CT molecular complexity index is 458. The zero-order valence-corrected chi connectivity index (χ0v) is 15.1. The Balaban J connectivity index is 0.00000441. The van der Waals surface area contributed by atoms with Gasteiger partial charge in [0.05, 0.1) is 40.0 Å². The molecule has 0 spiro atoms. The van der Waals surface area contributed by atoms with Gasteiger partial charge in [-0.3, -0.25) is 0 Å². The Morgan fingerprint density at radius 2 is 1.68 bits per heavy atom. The van der Waals surface area contributed by atoms with Crippen LogP contribution in [0.15, 0.2) is 17.1 Å². The summed E-state index contributed by atoms with van der Waals surface area (Å²) in [6.45, 7) is 1.50. The minimum absolute atomic E-state index is 0. The molecule has 0 amide bonds. The number of nitrogens with two attached hydrogens (primary N) is 1. The van der Waals surface area contributed by atoms with Crippen molar-refractivity contribution in [1.29, 1.82) is 0 Å². The van der Waals surface area contributed by atoms with Crippen LogP contribution in [-0.4, -0.2) is 47.6 Å². The number of rotatable bonds is 8. The van der Waals surface area contributed by atoms with E-state index in [1.165, 1.54) is 0 Å². The third-order valence-corrected chi connectivity index (χ3v) is 2.84. The van der Waals surface area contributed by atoms with Gasteiger partial charge in [-0.25, -0.2) is 4.99 Å². The molecule has 0 fully saturated rings. The summed E-state index contributed by atoms with van der Waals surface area (Å²) in [7, 11) is 6.38. The standard InChI is InChI=1S/C14H23N3O4.BrH/c1-18-6-5-16-14(15)17-9-11-12(20-3)7-10(19-2)8-13(11)21-4;/h7-8H,5-6,9H2,1-4H3,(H3,15,16,17);1H. The third-order valence-electron chi connectivity index (χ3n) is 2.84. The highest BCUT2D eigenvalue weighted by Crippen LogP contribution is 2.34. The number of nitrogens with zero attached hydrogens (tertiary/aromatic N) is 1. The zero-order chi connectivity index (χ0) is 15.7. The Morgan fingerprint density at radius 1 is 1.09 bits per heavy atom. The van der Waals surface area contributed by atoms with Gasteiger partial charge >= 0.3 is 0 Å². The molecule has 3 N–H and O–H groups in total. The van der Waals surface area contributed by atoms with Gasteiger partial charge in [0.25, 0.3) is 0 Å². The molecule has 0 saturated carbocycles. The molecule has 0 aliphatic carbocycles. The maximum absolute atomic E-state index is 5.78. The maximum Gasteiger partial charge on any atom is 0.189 e. The summed E-state index contributed by atoms with van der Waals surface area (Å²) in [4.78, 5) is 4.27. The topological polar surface area (TPSA) is 87.3 Å².